The highest BCUT2D eigenvalue weighted by molar-refractivity contribution is 5.66. The van der Waals surface area contributed by atoms with Crippen molar-refractivity contribution in [2.24, 2.45) is 0 Å². The molecule has 2 heteroatoms. The van der Waals surface area contributed by atoms with E-state index in [1.807, 2.05) is 0 Å². The largest absolute Gasteiger partial charge is 0.481 e. The minimum Gasteiger partial charge on any atom is -0.481 e. The Bertz CT molecular complexity index is 262. The molecule has 96 valence electrons. The van der Waals surface area contributed by atoms with Crippen LogP contribution in [-0.4, -0.2) is 11.1 Å². The second kappa shape index (κ2) is 12.8. The van der Waals surface area contributed by atoms with Crippen molar-refractivity contribution >= 4 is 5.97 Å². The van der Waals surface area contributed by atoms with Crippen molar-refractivity contribution in [1.29, 1.82) is 0 Å². The zero-order valence-electron chi connectivity index (χ0n) is 10.8. The summed E-state index contributed by atoms with van der Waals surface area (Å²) < 4.78 is 0. The van der Waals surface area contributed by atoms with Crippen molar-refractivity contribution in [2.75, 3.05) is 0 Å². The average molecular weight is 236 g/mol. The number of aliphatic carboxylic acids is 1. The molecule has 0 aliphatic heterocycles. The molecular formula is C15H24O2. The molecule has 0 bridgehead atoms. The second-order valence-electron chi connectivity index (χ2n) is 3.92. The summed E-state index contributed by atoms with van der Waals surface area (Å²) in [5.74, 6) is -0.707. The summed E-state index contributed by atoms with van der Waals surface area (Å²) in [5, 5.41) is 8.44. The minimum atomic E-state index is -0.707. The van der Waals surface area contributed by atoms with Gasteiger partial charge >= 0.3 is 5.97 Å². The molecule has 0 unspecified atom stereocenters. The van der Waals surface area contributed by atoms with Crippen molar-refractivity contribution in [3.63, 3.8) is 0 Å². The quantitative estimate of drug-likeness (QED) is 0.448. The van der Waals surface area contributed by atoms with Crippen LogP contribution in [-0.2, 0) is 4.79 Å². The van der Waals surface area contributed by atoms with E-state index < -0.39 is 5.97 Å². The Labute approximate surface area is 105 Å². The summed E-state index contributed by atoms with van der Waals surface area (Å²) in [6.07, 6.45) is 19.1. The van der Waals surface area contributed by atoms with Gasteiger partial charge in [-0.25, -0.2) is 0 Å². The molecule has 0 atom stereocenters. The number of rotatable bonds is 10. The van der Waals surface area contributed by atoms with Gasteiger partial charge in [-0.3, -0.25) is 4.79 Å². The molecule has 0 aliphatic rings. The van der Waals surface area contributed by atoms with Gasteiger partial charge in [0.2, 0.25) is 0 Å². The van der Waals surface area contributed by atoms with Gasteiger partial charge in [0.05, 0.1) is 0 Å². The molecule has 0 spiro atoms. The van der Waals surface area contributed by atoms with Crippen LogP contribution in [0.5, 0.6) is 0 Å². The van der Waals surface area contributed by atoms with Gasteiger partial charge in [0, 0.05) is 6.42 Å². The molecule has 0 aromatic rings. The molecule has 1 N–H and O–H groups in total. The summed E-state index contributed by atoms with van der Waals surface area (Å²) in [6, 6.07) is 0. The molecule has 0 aromatic heterocycles. The molecule has 17 heavy (non-hydrogen) atoms. The fourth-order valence-electron chi connectivity index (χ4n) is 1.35. The first-order chi connectivity index (χ1) is 8.27. The summed E-state index contributed by atoms with van der Waals surface area (Å²) in [4.78, 5) is 10.2. The van der Waals surface area contributed by atoms with Gasteiger partial charge in [0.25, 0.3) is 0 Å². The number of carboxylic acid groups (broad SMARTS) is 1. The fourth-order valence-corrected chi connectivity index (χ4v) is 1.35. The maximum absolute atomic E-state index is 10.2. The lowest BCUT2D eigenvalue weighted by Crippen LogP contribution is -1.92. The van der Waals surface area contributed by atoms with Crippen molar-refractivity contribution in [2.45, 2.75) is 51.9 Å². The van der Waals surface area contributed by atoms with E-state index in [4.69, 9.17) is 5.11 Å². The Morgan fingerprint density at radius 3 is 2.18 bits per heavy atom. The van der Waals surface area contributed by atoms with E-state index in [1.54, 1.807) is 0 Å². The van der Waals surface area contributed by atoms with Crippen LogP contribution in [0.25, 0.3) is 0 Å². The zero-order valence-corrected chi connectivity index (χ0v) is 10.8. The average Bonchev–Trinajstić information content (AvgIpc) is 2.30. The number of hydrogen-bond acceptors (Lipinski definition) is 1. The third-order valence-electron chi connectivity index (χ3n) is 2.27. The Kier molecular flexibility index (Phi) is 11.8. The number of unbranched alkanes of at least 4 members (excludes halogenated alkanes) is 2. The lowest BCUT2D eigenvalue weighted by atomic mass is 10.2. The van der Waals surface area contributed by atoms with Gasteiger partial charge < -0.3 is 5.11 Å². The van der Waals surface area contributed by atoms with Gasteiger partial charge in [-0.05, 0) is 38.5 Å². The van der Waals surface area contributed by atoms with Crippen molar-refractivity contribution in [1.82, 2.24) is 0 Å². The minimum absolute atomic E-state index is 0.272. The van der Waals surface area contributed by atoms with Crippen LogP contribution >= 0.6 is 0 Å². The van der Waals surface area contributed by atoms with Crippen LogP contribution in [0, 0.1) is 0 Å². The van der Waals surface area contributed by atoms with Crippen molar-refractivity contribution in [3.05, 3.63) is 36.5 Å². The number of allylic oxidation sites excluding steroid dienone is 6. The maximum atomic E-state index is 10.2. The fraction of sp³-hybridized carbons (Fsp3) is 0.533. The Balaban J connectivity index is 3.29. The van der Waals surface area contributed by atoms with Crippen LogP contribution < -0.4 is 0 Å². The van der Waals surface area contributed by atoms with E-state index in [0.717, 1.165) is 38.5 Å². The van der Waals surface area contributed by atoms with Gasteiger partial charge in [-0.15, -0.1) is 0 Å². The molecule has 0 fully saturated rings. The molecule has 0 aliphatic carbocycles. The van der Waals surface area contributed by atoms with Crippen LogP contribution in [0.3, 0.4) is 0 Å². The molecule has 0 aromatic carbocycles. The van der Waals surface area contributed by atoms with E-state index in [0.29, 0.717) is 0 Å². The lowest BCUT2D eigenvalue weighted by molar-refractivity contribution is -0.137. The monoisotopic (exact) mass is 236 g/mol. The van der Waals surface area contributed by atoms with E-state index in [9.17, 15) is 4.79 Å². The first kappa shape index (κ1) is 15.7. The molecule has 0 saturated heterocycles. The van der Waals surface area contributed by atoms with Crippen LogP contribution in [0.1, 0.15) is 51.9 Å². The summed E-state index contributed by atoms with van der Waals surface area (Å²) >= 11 is 0. The van der Waals surface area contributed by atoms with Gasteiger partial charge in [-0.1, -0.05) is 43.4 Å². The van der Waals surface area contributed by atoms with E-state index in [2.05, 4.69) is 43.4 Å². The van der Waals surface area contributed by atoms with Gasteiger partial charge in [0.15, 0.2) is 0 Å². The van der Waals surface area contributed by atoms with Crippen molar-refractivity contribution < 1.29 is 9.90 Å². The molecule has 2 nitrogen and oxygen atoms in total. The smallest absolute Gasteiger partial charge is 0.303 e. The van der Waals surface area contributed by atoms with E-state index in [1.165, 1.54) is 0 Å². The Morgan fingerprint density at radius 1 is 0.941 bits per heavy atom. The van der Waals surface area contributed by atoms with Crippen LogP contribution in [0.2, 0.25) is 0 Å². The highest BCUT2D eigenvalue weighted by Crippen LogP contribution is 2.00. The number of carbonyl (C=O) groups is 1. The third kappa shape index (κ3) is 14.7. The molecule has 0 radical (unpaired) electrons. The first-order valence-corrected chi connectivity index (χ1v) is 6.44. The summed E-state index contributed by atoms with van der Waals surface area (Å²) in [7, 11) is 0. The van der Waals surface area contributed by atoms with Crippen LogP contribution in [0.4, 0.5) is 0 Å². The third-order valence-corrected chi connectivity index (χ3v) is 2.27. The maximum Gasteiger partial charge on any atom is 0.303 e. The second-order valence-corrected chi connectivity index (χ2v) is 3.92. The van der Waals surface area contributed by atoms with E-state index >= 15 is 0 Å². The normalized spacial score (nSPS) is 12.1. The summed E-state index contributed by atoms with van der Waals surface area (Å²) in [5.41, 5.74) is 0. The predicted octanol–water partition coefficient (Wildman–Crippen LogP) is 4.49. The van der Waals surface area contributed by atoms with Gasteiger partial charge in [0.1, 0.15) is 0 Å². The number of carboxylic acids is 1. The highest BCUT2D eigenvalue weighted by Gasteiger charge is 1.92. The van der Waals surface area contributed by atoms with Crippen molar-refractivity contribution in [3.8, 4) is 0 Å². The number of hydrogen-bond donors (Lipinski definition) is 1. The Hall–Kier alpha value is -1.31. The summed E-state index contributed by atoms with van der Waals surface area (Å²) in [6.45, 7) is 2.13. The van der Waals surface area contributed by atoms with E-state index in [-0.39, 0.29) is 6.42 Å². The molecule has 0 rings (SSSR count). The highest BCUT2D eigenvalue weighted by atomic mass is 16.4. The molecule has 0 heterocycles. The SMILES string of the molecule is CC/C=C\C/C=C\CC/C=C\CCCC(=O)O. The molecule has 0 saturated carbocycles. The Morgan fingerprint density at radius 2 is 1.53 bits per heavy atom. The lowest BCUT2D eigenvalue weighted by Gasteiger charge is -1.91. The molecule has 0 amide bonds. The first-order valence-electron chi connectivity index (χ1n) is 6.44. The predicted molar refractivity (Wildman–Crippen MR) is 73.0 cm³/mol. The zero-order chi connectivity index (χ0) is 12.8. The topological polar surface area (TPSA) is 37.3 Å². The van der Waals surface area contributed by atoms with Gasteiger partial charge in [-0.2, -0.15) is 0 Å². The molecular weight excluding hydrogens is 212 g/mol. The van der Waals surface area contributed by atoms with Crippen LogP contribution in [0.15, 0.2) is 36.5 Å². The standard InChI is InChI=1S/C15H24O2/c1-2-3-4-5-6-7-8-9-10-11-12-13-14-15(16)17/h3-4,6-7,10-11H,2,5,8-9,12-14H2,1H3,(H,16,17)/b4-3-,7-6-,11-10-.